The van der Waals surface area contributed by atoms with Crippen molar-refractivity contribution in [2.45, 2.75) is 56.9 Å². The number of carbonyl (C=O) groups is 3. The van der Waals surface area contributed by atoms with Crippen molar-refractivity contribution in [3.05, 3.63) is 29.8 Å². The predicted molar refractivity (Wildman–Crippen MR) is 120 cm³/mol. The molecule has 3 fully saturated rings. The SMILES string of the molecule is CCC(=O)N1CCC2(CC1)OC[C@H](C(=O)NC[C@H]1CCCO1)N2C(=O)c1cccc(OC)c1. The fourth-order valence-corrected chi connectivity index (χ4v) is 4.93. The molecule has 3 amide bonds. The van der Waals surface area contributed by atoms with Crippen molar-refractivity contribution in [2.24, 2.45) is 0 Å². The molecule has 3 heterocycles. The molecule has 1 aromatic rings. The Hall–Kier alpha value is -2.65. The molecule has 1 spiro atoms. The van der Waals surface area contributed by atoms with Crippen LogP contribution in [0.3, 0.4) is 0 Å². The first kappa shape index (κ1) is 23.5. The lowest BCUT2D eigenvalue weighted by molar-refractivity contribution is -0.143. The lowest BCUT2D eigenvalue weighted by Crippen LogP contribution is -2.60. The highest BCUT2D eigenvalue weighted by Crippen LogP contribution is 2.39. The van der Waals surface area contributed by atoms with Crippen LogP contribution < -0.4 is 10.1 Å². The first-order valence-electron chi connectivity index (χ1n) is 11.8. The first-order valence-corrected chi connectivity index (χ1v) is 11.8. The van der Waals surface area contributed by atoms with E-state index in [4.69, 9.17) is 14.2 Å². The summed E-state index contributed by atoms with van der Waals surface area (Å²) in [6.07, 6.45) is 3.28. The Kier molecular flexibility index (Phi) is 7.19. The summed E-state index contributed by atoms with van der Waals surface area (Å²) in [5.74, 6) is 0.127. The number of piperidine rings is 1. The van der Waals surface area contributed by atoms with Crippen LogP contribution in [0.25, 0.3) is 0 Å². The average Bonchev–Trinajstić information content (AvgIpc) is 3.50. The van der Waals surface area contributed by atoms with Crippen molar-refractivity contribution in [1.82, 2.24) is 15.1 Å². The van der Waals surface area contributed by atoms with Crippen molar-refractivity contribution in [2.75, 3.05) is 40.0 Å². The summed E-state index contributed by atoms with van der Waals surface area (Å²) < 4.78 is 17.1. The molecule has 33 heavy (non-hydrogen) atoms. The van der Waals surface area contributed by atoms with Crippen LogP contribution in [0.5, 0.6) is 5.75 Å². The summed E-state index contributed by atoms with van der Waals surface area (Å²) in [6.45, 7) is 4.06. The molecule has 0 unspecified atom stereocenters. The van der Waals surface area contributed by atoms with Gasteiger partial charge in [0.15, 0.2) is 0 Å². The molecule has 2 atom stereocenters. The van der Waals surface area contributed by atoms with Crippen LogP contribution in [0, 0.1) is 0 Å². The molecule has 1 aromatic carbocycles. The zero-order valence-electron chi connectivity index (χ0n) is 19.4. The molecule has 9 nitrogen and oxygen atoms in total. The van der Waals surface area contributed by atoms with E-state index in [1.54, 1.807) is 41.2 Å². The summed E-state index contributed by atoms with van der Waals surface area (Å²) in [4.78, 5) is 42.5. The fourth-order valence-electron chi connectivity index (χ4n) is 4.93. The monoisotopic (exact) mass is 459 g/mol. The molecule has 3 aliphatic rings. The van der Waals surface area contributed by atoms with Crippen LogP contribution >= 0.6 is 0 Å². The van der Waals surface area contributed by atoms with E-state index >= 15 is 0 Å². The minimum Gasteiger partial charge on any atom is -0.497 e. The lowest BCUT2D eigenvalue weighted by atomic mass is 9.96. The van der Waals surface area contributed by atoms with Gasteiger partial charge in [-0.15, -0.1) is 0 Å². The zero-order chi connectivity index (χ0) is 23.4. The molecule has 180 valence electrons. The summed E-state index contributed by atoms with van der Waals surface area (Å²) in [5, 5.41) is 2.96. The third-order valence-corrected chi connectivity index (χ3v) is 6.83. The fraction of sp³-hybridized carbons (Fsp3) is 0.625. The number of nitrogens with zero attached hydrogens (tertiary/aromatic N) is 2. The van der Waals surface area contributed by atoms with Crippen LogP contribution in [0.4, 0.5) is 0 Å². The molecular formula is C24H33N3O6. The number of nitrogens with one attached hydrogen (secondary N) is 1. The number of benzene rings is 1. The van der Waals surface area contributed by atoms with Gasteiger partial charge in [0.1, 0.15) is 17.5 Å². The number of likely N-dealkylation sites (tertiary alicyclic amines) is 1. The maximum absolute atomic E-state index is 13.7. The number of carbonyl (C=O) groups excluding carboxylic acids is 3. The topological polar surface area (TPSA) is 97.4 Å². The summed E-state index contributed by atoms with van der Waals surface area (Å²) in [6, 6.07) is 6.16. The number of hydrogen-bond donors (Lipinski definition) is 1. The highest BCUT2D eigenvalue weighted by atomic mass is 16.5. The number of amides is 3. The molecule has 0 saturated carbocycles. The van der Waals surface area contributed by atoms with Gasteiger partial charge in [0.05, 0.1) is 19.8 Å². The quantitative estimate of drug-likeness (QED) is 0.694. The molecule has 9 heteroatoms. The smallest absolute Gasteiger partial charge is 0.257 e. The second kappa shape index (κ2) is 10.1. The van der Waals surface area contributed by atoms with Gasteiger partial charge in [-0.05, 0) is 31.0 Å². The van der Waals surface area contributed by atoms with E-state index in [1.807, 2.05) is 6.92 Å². The highest BCUT2D eigenvalue weighted by Gasteiger charge is 2.54. The summed E-state index contributed by atoms with van der Waals surface area (Å²) >= 11 is 0. The van der Waals surface area contributed by atoms with E-state index in [0.29, 0.717) is 56.8 Å². The Balaban J connectivity index is 1.56. The highest BCUT2D eigenvalue weighted by molar-refractivity contribution is 5.98. The number of rotatable bonds is 6. The minimum absolute atomic E-state index is 0.0102. The normalized spacial score (nSPS) is 24.2. The van der Waals surface area contributed by atoms with Gasteiger partial charge in [0.25, 0.3) is 5.91 Å². The van der Waals surface area contributed by atoms with Crippen molar-refractivity contribution >= 4 is 17.7 Å². The molecule has 0 aliphatic carbocycles. The zero-order valence-corrected chi connectivity index (χ0v) is 19.4. The maximum Gasteiger partial charge on any atom is 0.257 e. The second-order valence-corrected chi connectivity index (χ2v) is 8.79. The summed E-state index contributed by atoms with van der Waals surface area (Å²) in [5.41, 5.74) is -0.487. The van der Waals surface area contributed by atoms with Gasteiger partial charge in [-0.3, -0.25) is 19.3 Å². The average molecular weight is 460 g/mol. The van der Waals surface area contributed by atoms with E-state index in [9.17, 15) is 14.4 Å². The predicted octanol–water partition coefficient (Wildman–Crippen LogP) is 1.56. The molecular weight excluding hydrogens is 426 g/mol. The second-order valence-electron chi connectivity index (χ2n) is 8.79. The number of methoxy groups -OCH3 is 1. The van der Waals surface area contributed by atoms with Gasteiger partial charge >= 0.3 is 0 Å². The molecule has 1 N–H and O–H groups in total. The van der Waals surface area contributed by atoms with Crippen LogP contribution in [0.2, 0.25) is 0 Å². The van der Waals surface area contributed by atoms with Gasteiger partial charge in [-0.25, -0.2) is 0 Å². The van der Waals surface area contributed by atoms with Crippen LogP contribution in [0.15, 0.2) is 24.3 Å². The molecule has 3 saturated heterocycles. The van der Waals surface area contributed by atoms with E-state index in [0.717, 1.165) is 12.8 Å². The van der Waals surface area contributed by atoms with Gasteiger partial charge in [-0.2, -0.15) is 0 Å². The molecule has 4 rings (SSSR count). The maximum atomic E-state index is 13.7. The van der Waals surface area contributed by atoms with E-state index < -0.39 is 11.8 Å². The Labute approximate surface area is 194 Å². The van der Waals surface area contributed by atoms with Gasteiger partial charge in [0.2, 0.25) is 11.8 Å². The first-order chi connectivity index (χ1) is 16.0. The minimum atomic E-state index is -0.920. The molecule has 0 radical (unpaired) electrons. The van der Waals surface area contributed by atoms with E-state index in [1.165, 1.54) is 0 Å². The Morgan fingerprint density at radius 3 is 2.70 bits per heavy atom. The third kappa shape index (κ3) is 4.84. The van der Waals surface area contributed by atoms with E-state index in [-0.39, 0.29) is 30.4 Å². The Bertz CT molecular complexity index is 877. The van der Waals surface area contributed by atoms with Crippen molar-refractivity contribution in [3.63, 3.8) is 0 Å². The summed E-state index contributed by atoms with van der Waals surface area (Å²) in [7, 11) is 1.55. The Morgan fingerprint density at radius 2 is 2.03 bits per heavy atom. The van der Waals surface area contributed by atoms with Crippen LogP contribution in [0.1, 0.15) is 49.4 Å². The van der Waals surface area contributed by atoms with Gasteiger partial charge in [0, 0.05) is 51.1 Å². The van der Waals surface area contributed by atoms with Gasteiger partial charge < -0.3 is 24.4 Å². The molecule has 0 aromatic heterocycles. The standard InChI is InChI=1S/C24H33N3O6/c1-3-21(28)26-11-9-24(10-12-26)27(23(30)17-6-4-7-18(14-17)31-2)20(16-33-24)22(29)25-15-19-8-5-13-32-19/h4,6-7,14,19-20H,3,5,8-13,15-16H2,1-2H3,(H,25,29)/t19-,20-/m1/s1. The van der Waals surface area contributed by atoms with Crippen LogP contribution in [-0.4, -0.2) is 85.3 Å². The van der Waals surface area contributed by atoms with Gasteiger partial charge in [-0.1, -0.05) is 13.0 Å². The van der Waals surface area contributed by atoms with Crippen LogP contribution in [-0.2, 0) is 19.1 Å². The largest absolute Gasteiger partial charge is 0.497 e. The van der Waals surface area contributed by atoms with Crippen molar-refractivity contribution < 1.29 is 28.6 Å². The number of ether oxygens (including phenoxy) is 3. The number of hydrogen-bond acceptors (Lipinski definition) is 6. The third-order valence-electron chi connectivity index (χ3n) is 6.83. The van der Waals surface area contributed by atoms with Crippen molar-refractivity contribution in [3.8, 4) is 5.75 Å². The van der Waals surface area contributed by atoms with Crippen molar-refractivity contribution in [1.29, 1.82) is 0 Å². The molecule has 0 bridgehead atoms. The Morgan fingerprint density at radius 1 is 1.24 bits per heavy atom. The lowest BCUT2D eigenvalue weighted by Gasteiger charge is -2.44. The molecule has 3 aliphatic heterocycles. The van der Waals surface area contributed by atoms with E-state index in [2.05, 4.69) is 5.32 Å².